The quantitative estimate of drug-likeness (QED) is 0.169. The molecule has 45 heavy (non-hydrogen) atoms. The van der Waals surface area contributed by atoms with Gasteiger partial charge in [0.15, 0.2) is 0 Å². The highest BCUT2D eigenvalue weighted by molar-refractivity contribution is 7.92. The number of amides is 2. The van der Waals surface area contributed by atoms with Gasteiger partial charge in [-0.05, 0) is 53.9 Å². The first-order chi connectivity index (χ1) is 21.6. The molecule has 4 rings (SSSR count). The van der Waals surface area contributed by atoms with Crippen LogP contribution in [0.1, 0.15) is 24.5 Å². The Morgan fingerprint density at radius 3 is 2.22 bits per heavy atom. The van der Waals surface area contributed by atoms with E-state index in [1.54, 1.807) is 60.7 Å². The highest BCUT2D eigenvalue weighted by atomic mass is 35.5. The van der Waals surface area contributed by atoms with Crippen molar-refractivity contribution in [3.63, 3.8) is 0 Å². The molecule has 4 aromatic carbocycles. The standard InChI is InChI=1S/C34H35Cl2N3O5S/c1-3-19-37-34(41)32(20-25-11-6-4-7-12-25)38(23-26-17-18-27(35)21-31(26)36)33(40)24-39(28-13-10-14-29(22-28)44-2)45(42,43)30-15-8-5-9-16-30/h4-18,21-22,32H,3,19-20,23-24H2,1-2H3,(H,37,41)/t32-/m1/s1. The van der Waals surface area contributed by atoms with Gasteiger partial charge in [-0.2, -0.15) is 0 Å². The van der Waals surface area contributed by atoms with E-state index in [2.05, 4.69) is 5.32 Å². The zero-order valence-corrected chi connectivity index (χ0v) is 27.4. The number of rotatable bonds is 14. The molecule has 0 aromatic heterocycles. The fourth-order valence-electron chi connectivity index (χ4n) is 4.77. The van der Waals surface area contributed by atoms with Crippen molar-refractivity contribution >= 4 is 50.7 Å². The molecular formula is C34H35Cl2N3O5S. The van der Waals surface area contributed by atoms with Crippen LogP contribution in [0.5, 0.6) is 5.75 Å². The van der Waals surface area contributed by atoms with Crippen molar-refractivity contribution in [3.8, 4) is 5.75 Å². The van der Waals surface area contributed by atoms with Crippen molar-refractivity contribution in [2.24, 2.45) is 0 Å². The lowest BCUT2D eigenvalue weighted by Gasteiger charge is -2.34. The van der Waals surface area contributed by atoms with Crippen molar-refractivity contribution in [1.82, 2.24) is 10.2 Å². The maximum atomic E-state index is 14.5. The van der Waals surface area contributed by atoms with Crippen LogP contribution in [0, 0.1) is 0 Å². The van der Waals surface area contributed by atoms with Crippen molar-refractivity contribution < 1.29 is 22.7 Å². The van der Waals surface area contributed by atoms with Crippen molar-refractivity contribution in [3.05, 3.63) is 124 Å². The summed E-state index contributed by atoms with van der Waals surface area (Å²) in [5.41, 5.74) is 1.61. The topological polar surface area (TPSA) is 96.0 Å². The second kappa shape index (κ2) is 15.8. The summed E-state index contributed by atoms with van der Waals surface area (Å²) < 4.78 is 34.5. The van der Waals surface area contributed by atoms with Crippen LogP contribution in [-0.4, -0.2) is 51.4 Å². The van der Waals surface area contributed by atoms with E-state index in [-0.39, 0.29) is 29.5 Å². The molecule has 11 heteroatoms. The normalized spacial score (nSPS) is 11.8. The first-order valence-electron chi connectivity index (χ1n) is 14.4. The molecule has 236 valence electrons. The van der Waals surface area contributed by atoms with Gasteiger partial charge in [0, 0.05) is 35.6 Å². The van der Waals surface area contributed by atoms with Crippen LogP contribution < -0.4 is 14.4 Å². The van der Waals surface area contributed by atoms with Crippen LogP contribution in [0.2, 0.25) is 10.0 Å². The molecular weight excluding hydrogens is 633 g/mol. The Hall–Kier alpha value is -4.05. The summed E-state index contributed by atoms with van der Waals surface area (Å²) in [6.07, 6.45) is 0.887. The molecule has 1 N–H and O–H groups in total. The number of carbonyl (C=O) groups excluding carboxylic acids is 2. The second-order valence-corrected chi connectivity index (χ2v) is 13.0. The highest BCUT2D eigenvalue weighted by Gasteiger charge is 2.35. The minimum atomic E-state index is -4.23. The number of nitrogens with one attached hydrogen (secondary N) is 1. The van der Waals surface area contributed by atoms with E-state index >= 15 is 0 Å². The number of carbonyl (C=O) groups is 2. The van der Waals surface area contributed by atoms with E-state index < -0.39 is 28.5 Å². The monoisotopic (exact) mass is 667 g/mol. The summed E-state index contributed by atoms with van der Waals surface area (Å²) in [4.78, 5) is 29.6. The Morgan fingerprint density at radius 1 is 0.889 bits per heavy atom. The molecule has 0 aliphatic carbocycles. The van der Waals surface area contributed by atoms with Gasteiger partial charge in [0.05, 0.1) is 17.7 Å². The Bertz CT molecular complexity index is 1710. The number of nitrogens with zero attached hydrogens (tertiary/aromatic N) is 2. The number of hydrogen-bond acceptors (Lipinski definition) is 5. The number of ether oxygens (including phenoxy) is 1. The number of halogens is 2. The maximum absolute atomic E-state index is 14.5. The SMILES string of the molecule is CCCNC(=O)[C@@H](Cc1ccccc1)N(Cc1ccc(Cl)cc1Cl)C(=O)CN(c1cccc(OC)c1)S(=O)(=O)c1ccccc1. The van der Waals surface area contributed by atoms with Crippen LogP contribution >= 0.6 is 23.2 Å². The van der Waals surface area contributed by atoms with Gasteiger partial charge in [-0.15, -0.1) is 0 Å². The molecule has 0 unspecified atom stereocenters. The molecule has 0 aliphatic heterocycles. The molecule has 0 heterocycles. The summed E-state index contributed by atoms with van der Waals surface area (Å²) in [7, 11) is -2.75. The molecule has 1 atom stereocenters. The van der Waals surface area contributed by atoms with Gasteiger partial charge in [-0.25, -0.2) is 8.42 Å². The van der Waals surface area contributed by atoms with Gasteiger partial charge >= 0.3 is 0 Å². The third kappa shape index (κ3) is 8.78. The smallest absolute Gasteiger partial charge is 0.264 e. The van der Waals surface area contributed by atoms with Crippen LogP contribution in [0.15, 0.2) is 108 Å². The van der Waals surface area contributed by atoms with Gasteiger partial charge in [-0.3, -0.25) is 13.9 Å². The molecule has 0 bridgehead atoms. The highest BCUT2D eigenvalue weighted by Crippen LogP contribution is 2.29. The van der Waals surface area contributed by atoms with E-state index in [1.165, 1.54) is 24.1 Å². The summed E-state index contributed by atoms with van der Waals surface area (Å²) >= 11 is 12.7. The van der Waals surface area contributed by atoms with Crippen molar-refractivity contribution in [2.75, 3.05) is 24.5 Å². The largest absolute Gasteiger partial charge is 0.497 e. The predicted octanol–water partition coefficient (Wildman–Crippen LogP) is 6.36. The number of methoxy groups -OCH3 is 1. The zero-order chi connectivity index (χ0) is 32.4. The van der Waals surface area contributed by atoms with Gasteiger partial charge in [-0.1, -0.05) is 90.8 Å². The number of hydrogen-bond donors (Lipinski definition) is 1. The lowest BCUT2D eigenvalue weighted by molar-refractivity contribution is -0.140. The van der Waals surface area contributed by atoms with E-state index in [0.717, 1.165) is 9.87 Å². The summed E-state index contributed by atoms with van der Waals surface area (Å²) in [6, 6.07) is 27.6. The van der Waals surface area contributed by atoms with Gasteiger partial charge in [0.25, 0.3) is 10.0 Å². The average molecular weight is 669 g/mol. The number of sulfonamides is 1. The Labute approximate surface area is 274 Å². The number of anilines is 1. The molecule has 0 spiro atoms. The zero-order valence-electron chi connectivity index (χ0n) is 25.0. The van der Waals surface area contributed by atoms with Gasteiger partial charge in [0.2, 0.25) is 11.8 Å². The number of benzene rings is 4. The third-order valence-electron chi connectivity index (χ3n) is 7.13. The molecule has 0 aliphatic rings. The van der Waals surface area contributed by atoms with E-state index in [1.807, 2.05) is 37.3 Å². The summed E-state index contributed by atoms with van der Waals surface area (Å²) in [5, 5.41) is 3.65. The molecule has 4 aromatic rings. The minimum absolute atomic E-state index is 0.00874. The van der Waals surface area contributed by atoms with Crippen molar-refractivity contribution in [2.45, 2.75) is 37.2 Å². The van der Waals surface area contributed by atoms with Crippen LogP contribution in [-0.2, 0) is 32.6 Å². The first kappa shape index (κ1) is 33.8. The fraction of sp³-hybridized carbons (Fsp3) is 0.235. The maximum Gasteiger partial charge on any atom is 0.264 e. The Kier molecular flexibility index (Phi) is 11.9. The summed E-state index contributed by atoms with van der Waals surface area (Å²) in [5.74, 6) is -0.548. The Morgan fingerprint density at radius 2 is 1.58 bits per heavy atom. The molecule has 0 saturated carbocycles. The molecule has 8 nitrogen and oxygen atoms in total. The van der Waals surface area contributed by atoms with Crippen molar-refractivity contribution in [1.29, 1.82) is 0 Å². The fourth-order valence-corrected chi connectivity index (χ4v) is 6.66. The molecule has 0 radical (unpaired) electrons. The van der Waals surface area contributed by atoms with Gasteiger partial charge in [0.1, 0.15) is 18.3 Å². The predicted molar refractivity (Wildman–Crippen MR) is 178 cm³/mol. The lowest BCUT2D eigenvalue weighted by Crippen LogP contribution is -2.53. The lowest BCUT2D eigenvalue weighted by atomic mass is 10.0. The van der Waals surface area contributed by atoms with E-state index in [9.17, 15) is 18.0 Å². The molecule has 0 fully saturated rings. The van der Waals surface area contributed by atoms with Crippen LogP contribution in [0.4, 0.5) is 5.69 Å². The minimum Gasteiger partial charge on any atom is -0.497 e. The van der Waals surface area contributed by atoms with E-state index in [0.29, 0.717) is 34.3 Å². The van der Waals surface area contributed by atoms with E-state index in [4.69, 9.17) is 27.9 Å². The molecule has 2 amide bonds. The van der Waals surface area contributed by atoms with Crippen LogP contribution in [0.3, 0.4) is 0 Å². The average Bonchev–Trinajstić information content (AvgIpc) is 3.05. The van der Waals surface area contributed by atoms with Gasteiger partial charge < -0.3 is 15.0 Å². The first-order valence-corrected chi connectivity index (χ1v) is 16.6. The molecule has 0 saturated heterocycles. The summed E-state index contributed by atoms with van der Waals surface area (Å²) in [6.45, 7) is 1.68. The second-order valence-electron chi connectivity index (χ2n) is 10.3. The van der Waals surface area contributed by atoms with Crippen LogP contribution in [0.25, 0.3) is 0 Å². The third-order valence-corrected chi connectivity index (χ3v) is 9.50. The Balaban J connectivity index is 1.82.